The Hall–Kier alpha value is -2.71. The van der Waals surface area contributed by atoms with Gasteiger partial charge in [-0.25, -0.2) is 14.6 Å². The van der Waals surface area contributed by atoms with Gasteiger partial charge >= 0.3 is 0 Å². The Labute approximate surface area is 170 Å². The van der Waals surface area contributed by atoms with Crippen molar-refractivity contribution in [3.05, 3.63) is 36.3 Å². The number of nitrogens with zero attached hydrogens (tertiary/aromatic N) is 7. The van der Waals surface area contributed by atoms with Crippen LogP contribution in [0, 0.1) is 6.92 Å². The molecule has 5 rings (SSSR count). The Morgan fingerprint density at radius 1 is 0.862 bits per heavy atom. The van der Waals surface area contributed by atoms with Crippen LogP contribution in [-0.4, -0.2) is 84.2 Å². The second-order valence-electron chi connectivity index (χ2n) is 7.88. The fourth-order valence-corrected chi connectivity index (χ4v) is 4.17. The molecule has 4 heterocycles. The second kappa shape index (κ2) is 7.61. The smallest absolute Gasteiger partial charge is 0.159 e. The molecule has 3 aromatic rings. The van der Waals surface area contributed by atoms with E-state index in [1.165, 1.54) is 11.3 Å². The number of hydrogen-bond donors (Lipinski definition) is 0. The van der Waals surface area contributed by atoms with Crippen LogP contribution in [-0.2, 0) is 4.74 Å². The largest absolute Gasteiger partial charge is 0.378 e. The molecule has 0 aliphatic carbocycles. The molecule has 0 N–H and O–H groups in total. The normalized spacial score (nSPS) is 18.6. The highest BCUT2D eigenvalue weighted by molar-refractivity contribution is 5.85. The highest BCUT2D eigenvalue weighted by atomic mass is 16.5. The summed E-state index contributed by atoms with van der Waals surface area (Å²) in [7, 11) is 2.18. The van der Waals surface area contributed by atoms with Crippen molar-refractivity contribution in [2.45, 2.75) is 6.92 Å². The highest BCUT2D eigenvalue weighted by Crippen LogP contribution is 2.29. The summed E-state index contributed by atoms with van der Waals surface area (Å²) in [5, 5.41) is 5.78. The van der Waals surface area contributed by atoms with Crippen molar-refractivity contribution < 1.29 is 4.74 Å². The number of rotatable bonds is 3. The van der Waals surface area contributed by atoms with Gasteiger partial charge in [0.15, 0.2) is 5.82 Å². The van der Waals surface area contributed by atoms with E-state index >= 15 is 0 Å². The summed E-state index contributed by atoms with van der Waals surface area (Å²) in [6.45, 7) is 9.63. The maximum Gasteiger partial charge on any atom is 0.159 e. The van der Waals surface area contributed by atoms with Gasteiger partial charge in [-0.2, -0.15) is 5.10 Å². The third-order valence-electron chi connectivity index (χ3n) is 5.92. The third-order valence-corrected chi connectivity index (χ3v) is 5.92. The Balaban J connectivity index is 1.51. The van der Waals surface area contributed by atoms with Crippen molar-refractivity contribution in [3.8, 4) is 5.82 Å². The molecule has 2 aromatic heterocycles. The van der Waals surface area contributed by atoms with Crippen molar-refractivity contribution in [2.75, 3.05) is 69.3 Å². The summed E-state index contributed by atoms with van der Waals surface area (Å²) in [5.41, 5.74) is 3.66. The van der Waals surface area contributed by atoms with E-state index in [2.05, 4.69) is 55.9 Å². The molecular weight excluding hydrogens is 366 g/mol. The molecule has 0 bridgehead atoms. The average molecular weight is 393 g/mol. The standard InChI is InChI=1S/C21H27N7O/c1-16-11-17-14-24-28(19(17)12-18(16)26-5-3-25(2)4-6-26)21-13-20(22-15-23-21)27-7-9-29-10-8-27/h11-15H,3-10H2,1-2H3. The summed E-state index contributed by atoms with van der Waals surface area (Å²) >= 11 is 0. The number of hydrogen-bond acceptors (Lipinski definition) is 7. The van der Waals surface area contributed by atoms with Crippen LogP contribution in [0.15, 0.2) is 30.7 Å². The molecule has 0 saturated carbocycles. The van der Waals surface area contributed by atoms with Crippen LogP contribution in [0.5, 0.6) is 0 Å². The quantitative estimate of drug-likeness (QED) is 0.671. The van der Waals surface area contributed by atoms with Gasteiger partial charge in [0.05, 0.1) is 24.9 Å². The van der Waals surface area contributed by atoms with Gasteiger partial charge in [-0.3, -0.25) is 0 Å². The fraction of sp³-hybridized carbons (Fsp3) is 0.476. The van der Waals surface area contributed by atoms with Gasteiger partial charge in [0.25, 0.3) is 0 Å². The SMILES string of the molecule is Cc1cc2cnn(-c3cc(N4CCOCC4)ncn3)c2cc1N1CCN(C)CC1. The zero-order valence-electron chi connectivity index (χ0n) is 17.1. The summed E-state index contributed by atoms with van der Waals surface area (Å²) in [4.78, 5) is 16.1. The highest BCUT2D eigenvalue weighted by Gasteiger charge is 2.19. The molecule has 0 radical (unpaired) electrons. The van der Waals surface area contributed by atoms with E-state index in [4.69, 9.17) is 4.74 Å². The van der Waals surface area contributed by atoms with Gasteiger partial charge in [0.2, 0.25) is 0 Å². The van der Waals surface area contributed by atoms with Crippen molar-refractivity contribution >= 4 is 22.4 Å². The first-order chi connectivity index (χ1) is 14.2. The van der Waals surface area contributed by atoms with E-state index < -0.39 is 0 Å². The number of morpholine rings is 1. The minimum Gasteiger partial charge on any atom is -0.378 e. The molecule has 2 fully saturated rings. The summed E-state index contributed by atoms with van der Waals surface area (Å²) in [6, 6.07) is 6.52. The van der Waals surface area contributed by atoms with Crippen molar-refractivity contribution in [3.63, 3.8) is 0 Å². The zero-order chi connectivity index (χ0) is 19.8. The van der Waals surface area contributed by atoms with Gasteiger partial charge in [-0.05, 0) is 31.7 Å². The van der Waals surface area contributed by atoms with E-state index in [0.717, 1.165) is 75.0 Å². The number of aryl methyl sites for hydroxylation is 1. The van der Waals surface area contributed by atoms with Crippen LogP contribution < -0.4 is 9.80 Å². The summed E-state index contributed by atoms with van der Waals surface area (Å²) < 4.78 is 7.39. The Morgan fingerprint density at radius 3 is 2.41 bits per heavy atom. The van der Waals surface area contributed by atoms with E-state index in [1.807, 2.05) is 16.9 Å². The Kier molecular flexibility index (Phi) is 4.81. The lowest BCUT2D eigenvalue weighted by atomic mass is 10.1. The predicted octanol–water partition coefficient (Wildman–Crippen LogP) is 1.71. The van der Waals surface area contributed by atoms with E-state index in [9.17, 15) is 0 Å². The molecule has 0 amide bonds. The van der Waals surface area contributed by atoms with Gasteiger partial charge in [0.1, 0.15) is 12.1 Å². The third kappa shape index (κ3) is 3.54. The number of ether oxygens (including phenoxy) is 1. The Morgan fingerprint density at radius 2 is 1.62 bits per heavy atom. The first-order valence-electron chi connectivity index (χ1n) is 10.3. The zero-order valence-corrected chi connectivity index (χ0v) is 17.1. The number of piperazine rings is 1. The summed E-state index contributed by atoms with van der Waals surface area (Å²) in [5.74, 6) is 1.72. The molecule has 1 aromatic carbocycles. The van der Waals surface area contributed by atoms with Crippen LogP contribution in [0.4, 0.5) is 11.5 Å². The van der Waals surface area contributed by atoms with Crippen LogP contribution in [0.2, 0.25) is 0 Å². The van der Waals surface area contributed by atoms with Crippen molar-refractivity contribution in [2.24, 2.45) is 0 Å². The number of aromatic nitrogens is 4. The fourth-order valence-electron chi connectivity index (χ4n) is 4.17. The molecule has 0 atom stereocenters. The van der Waals surface area contributed by atoms with Crippen molar-refractivity contribution in [1.82, 2.24) is 24.6 Å². The van der Waals surface area contributed by atoms with Crippen LogP contribution in [0.25, 0.3) is 16.7 Å². The predicted molar refractivity (Wildman–Crippen MR) is 114 cm³/mol. The van der Waals surface area contributed by atoms with Crippen LogP contribution in [0.3, 0.4) is 0 Å². The molecule has 0 spiro atoms. The molecular formula is C21H27N7O. The molecule has 29 heavy (non-hydrogen) atoms. The maximum absolute atomic E-state index is 5.46. The molecule has 8 heteroatoms. The lowest BCUT2D eigenvalue weighted by Crippen LogP contribution is -2.44. The van der Waals surface area contributed by atoms with Crippen LogP contribution >= 0.6 is 0 Å². The maximum atomic E-state index is 5.46. The first-order valence-corrected chi connectivity index (χ1v) is 10.3. The van der Waals surface area contributed by atoms with E-state index in [-0.39, 0.29) is 0 Å². The second-order valence-corrected chi connectivity index (χ2v) is 7.88. The molecule has 2 aliphatic rings. The number of anilines is 2. The molecule has 2 saturated heterocycles. The van der Waals surface area contributed by atoms with Gasteiger partial charge in [0, 0.05) is 56.4 Å². The van der Waals surface area contributed by atoms with E-state index in [1.54, 1.807) is 6.33 Å². The number of likely N-dealkylation sites (N-methyl/N-ethyl adjacent to an activating group) is 1. The monoisotopic (exact) mass is 393 g/mol. The lowest BCUT2D eigenvalue weighted by Gasteiger charge is -2.35. The van der Waals surface area contributed by atoms with Crippen molar-refractivity contribution in [1.29, 1.82) is 0 Å². The Bertz CT molecular complexity index is 1000. The molecule has 0 unspecified atom stereocenters. The average Bonchev–Trinajstić information content (AvgIpc) is 3.17. The van der Waals surface area contributed by atoms with E-state index in [0.29, 0.717) is 0 Å². The molecule has 152 valence electrons. The lowest BCUT2D eigenvalue weighted by molar-refractivity contribution is 0.122. The molecule has 2 aliphatic heterocycles. The minimum absolute atomic E-state index is 0.734. The number of fused-ring (bicyclic) bond motifs is 1. The van der Waals surface area contributed by atoms with Gasteiger partial charge in [-0.1, -0.05) is 0 Å². The first kappa shape index (κ1) is 18.3. The minimum atomic E-state index is 0.734. The van der Waals surface area contributed by atoms with Crippen LogP contribution in [0.1, 0.15) is 5.56 Å². The topological polar surface area (TPSA) is 62.6 Å². The van der Waals surface area contributed by atoms with Gasteiger partial charge < -0.3 is 19.4 Å². The number of benzene rings is 1. The van der Waals surface area contributed by atoms with Gasteiger partial charge in [-0.15, -0.1) is 0 Å². The summed E-state index contributed by atoms with van der Waals surface area (Å²) in [6.07, 6.45) is 3.55. The molecule has 8 nitrogen and oxygen atoms in total.